The molecule has 3 rings (SSSR count). The Morgan fingerprint density at radius 3 is 2.42 bits per heavy atom. The van der Waals surface area contributed by atoms with E-state index in [1.165, 1.54) is 18.7 Å². The molecular weight excluding hydrogens is 527 g/mol. The summed E-state index contributed by atoms with van der Waals surface area (Å²) in [4.78, 5) is 12.7. The summed E-state index contributed by atoms with van der Waals surface area (Å²) in [6.07, 6.45) is 1.44. The number of nitrogens with zero attached hydrogens (tertiary/aromatic N) is 1. The molecule has 0 aliphatic heterocycles. The fourth-order valence-electron chi connectivity index (χ4n) is 2.92. The van der Waals surface area contributed by atoms with Crippen LogP contribution in [-0.4, -0.2) is 13.0 Å². The average molecular weight is 546 g/mol. The minimum atomic E-state index is -0.637. The minimum absolute atomic E-state index is 0.131. The molecule has 0 saturated carbocycles. The Labute approximate surface area is 210 Å². The lowest BCUT2D eigenvalue weighted by Gasteiger charge is -2.14. The molecule has 0 spiro atoms. The van der Waals surface area contributed by atoms with Gasteiger partial charge >= 0.3 is 0 Å². The largest absolute Gasteiger partial charge is 0.493 e. The van der Waals surface area contributed by atoms with Gasteiger partial charge in [0.15, 0.2) is 11.5 Å². The highest BCUT2D eigenvalue weighted by atomic mass is 79.9. The summed E-state index contributed by atoms with van der Waals surface area (Å²) >= 11 is 15.7. The van der Waals surface area contributed by atoms with E-state index >= 15 is 0 Å². The predicted octanol–water partition coefficient (Wildman–Crippen LogP) is 7.20. The van der Waals surface area contributed by atoms with Crippen LogP contribution in [0.15, 0.2) is 64.6 Å². The fourth-order valence-corrected chi connectivity index (χ4v) is 3.98. The first kappa shape index (κ1) is 24.7. The first-order valence-electron chi connectivity index (χ1n) is 9.75. The Morgan fingerprint density at radius 2 is 1.82 bits per heavy atom. The Morgan fingerprint density at radius 1 is 1.15 bits per heavy atom. The zero-order valence-corrected chi connectivity index (χ0v) is 20.9. The maximum atomic E-state index is 12.7. The molecule has 1 amide bonds. The molecule has 0 aliphatic rings. The van der Waals surface area contributed by atoms with E-state index in [1.807, 2.05) is 37.3 Å². The molecule has 3 aromatic carbocycles. The molecule has 0 heterocycles. The summed E-state index contributed by atoms with van der Waals surface area (Å²) in [5.41, 5.74) is 2.86. The van der Waals surface area contributed by atoms with E-state index in [2.05, 4.69) is 21.2 Å². The van der Waals surface area contributed by atoms with E-state index in [1.54, 1.807) is 30.3 Å². The van der Waals surface area contributed by atoms with Crippen LogP contribution in [0, 0.1) is 18.3 Å². The first-order chi connectivity index (χ1) is 15.8. The summed E-state index contributed by atoms with van der Waals surface area (Å²) in [7, 11) is 1.52. The number of rotatable bonds is 7. The standard InChI is InChI=1S/C25H19BrCl2N2O3/c1-15-6-8-16(9-7-15)14-33-24-19(26)11-17(12-22(24)32-2)10-18(13-29)25(31)30-23-20(27)4-3-5-21(23)28/h3-12H,14H2,1-2H3,(H,30,31)/b18-10+. The van der Waals surface area contributed by atoms with E-state index in [0.717, 1.165) is 5.56 Å². The van der Waals surface area contributed by atoms with Crippen molar-refractivity contribution in [3.63, 3.8) is 0 Å². The van der Waals surface area contributed by atoms with Gasteiger partial charge in [-0.05, 0) is 64.3 Å². The van der Waals surface area contributed by atoms with Crippen LogP contribution in [0.1, 0.15) is 16.7 Å². The molecule has 5 nitrogen and oxygen atoms in total. The number of aryl methyl sites for hydroxylation is 1. The number of amides is 1. The van der Waals surface area contributed by atoms with Crippen molar-refractivity contribution in [2.75, 3.05) is 12.4 Å². The number of hydrogen-bond donors (Lipinski definition) is 1. The van der Waals surface area contributed by atoms with Gasteiger partial charge in [0.05, 0.1) is 27.3 Å². The van der Waals surface area contributed by atoms with Gasteiger partial charge < -0.3 is 14.8 Å². The van der Waals surface area contributed by atoms with Gasteiger partial charge in [-0.25, -0.2) is 0 Å². The Kier molecular flexibility index (Phi) is 8.40. The number of para-hydroxylation sites is 1. The van der Waals surface area contributed by atoms with Gasteiger partial charge in [0.2, 0.25) is 0 Å². The minimum Gasteiger partial charge on any atom is -0.493 e. The first-order valence-corrected chi connectivity index (χ1v) is 11.3. The van der Waals surface area contributed by atoms with E-state index in [0.29, 0.717) is 28.1 Å². The van der Waals surface area contributed by atoms with Crippen molar-refractivity contribution < 1.29 is 14.3 Å². The predicted molar refractivity (Wildman–Crippen MR) is 135 cm³/mol. The van der Waals surface area contributed by atoms with Gasteiger partial charge in [-0.1, -0.05) is 59.1 Å². The topological polar surface area (TPSA) is 71.3 Å². The zero-order chi connectivity index (χ0) is 24.0. The highest BCUT2D eigenvalue weighted by Crippen LogP contribution is 2.38. The van der Waals surface area contributed by atoms with Crippen LogP contribution in [0.4, 0.5) is 5.69 Å². The van der Waals surface area contributed by atoms with Crippen LogP contribution in [0.5, 0.6) is 11.5 Å². The van der Waals surface area contributed by atoms with Crippen molar-refractivity contribution in [3.05, 3.63) is 91.4 Å². The molecule has 0 saturated heterocycles. The number of ether oxygens (including phenoxy) is 2. The summed E-state index contributed by atoms with van der Waals surface area (Å²) < 4.78 is 12.0. The Bertz CT molecular complexity index is 1230. The lowest BCUT2D eigenvalue weighted by molar-refractivity contribution is -0.112. The van der Waals surface area contributed by atoms with Crippen LogP contribution in [0.25, 0.3) is 6.08 Å². The molecular formula is C25H19BrCl2N2O3. The number of carbonyl (C=O) groups excluding carboxylic acids is 1. The lowest BCUT2D eigenvalue weighted by atomic mass is 10.1. The van der Waals surface area contributed by atoms with Crippen LogP contribution < -0.4 is 14.8 Å². The molecule has 0 bridgehead atoms. The van der Waals surface area contributed by atoms with Gasteiger partial charge in [0.25, 0.3) is 5.91 Å². The Balaban J connectivity index is 1.84. The van der Waals surface area contributed by atoms with Crippen molar-refractivity contribution in [1.82, 2.24) is 0 Å². The van der Waals surface area contributed by atoms with Crippen molar-refractivity contribution in [1.29, 1.82) is 5.26 Å². The van der Waals surface area contributed by atoms with Gasteiger partial charge in [0, 0.05) is 0 Å². The second kappa shape index (κ2) is 11.2. The maximum absolute atomic E-state index is 12.7. The maximum Gasteiger partial charge on any atom is 0.266 e. The molecule has 0 atom stereocenters. The average Bonchev–Trinajstić information content (AvgIpc) is 2.79. The molecule has 0 radical (unpaired) electrons. The van der Waals surface area contributed by atoms with Gasteiger partial charge in [0.1, 0.15) is 18.2 Å². The van der Waals surface area contributed by atoms with Crippen molar-refractivity contribution >= 4 is 56.8 Å². The summed E-state index contributed by atoms with van der Waals surface area (Å²) in [6.45, 7) is 2.38. The summed E-state index contributed by atoms with van der Waals surface area (Å²) in [6, 6.07) is 18.2. The number of carbonyl (C=O) groups is 1. The normalized spacial score (nSPS) is 11.0. The van der Waals surface area contributed by atoms with Gasteiger partial charge in [-0.3, -0.25) is 4.79 Å². The van der Waals surface area contributed by atoms with Crippen LogP contribution in [-0.2, 0) is 11.4 Å². The van der Waals surface area contributed by atoms with Gasteiger partial charge in [-0.2, -0.15) is 5.26 Å². The quantitative estimate of drug-likeness (QED) is 0.252. The number of methoxy groups -OCH3 is 1. The van der Waals surface area contributed by atoms with E-state index in [-0.39, 0.29) is 21.3 Å². The van der Waals surface area contributed by atoms with Crippen molar-refractivity contribution in [2.45, 2.75) is 13.5 Å². The molecule has 33 heavy (non-hydrogen) atoms. The molecule has 0 aromatic heterocycles. The molecule has 0 fully saturated rings. The molecule has 168 valence electrons. The zero-order valence-electron chi connectivity index (χ0n) is 17.8. The number of hydrogen-bond acceptors (Lipinski definition) is 4. The second-order valence-corrected chi connectivity index (χ2v) is 8.70. The highest BCUT2D eigenvalue weighted by molar-refractivity contribution is 9.10. The second-order valence-electron chi connectivity index (χ2n) is 7.03. The monoisotopic (exact) mass is 544 g/mol. The highest BCUT2D eigenvalue weighted by Gasteiger charge is 2.16. The lowest BCUT2D eigenvalue weighted by Crippen LogP contribution is -2.14. The number of nitrogens with one attached hydrogen (secondary N) is 1. The van der Waals surface area contributed by atoms with E-state index < -0.39 is 5.91 Å². The van der Waals surface area contributed by atoms with Crippen LogP contribution in [0.3, 0.4) is 0 Å². The van der Waals surface area contributed by atoms with Gasteiger partial charge in [-0.15, -0.1) is 0 Å². The molecule has 0 unspecified atom stereocenters. The fraction of sp³-hybridized carbons (Fsp3) is 0.120. The molecule has 8 heteroatoms. The van der Waals surface area contributed by atoms with Crippen LogP contribution in [0.2, 0.25) is 10.0 Å². The molecule has 3 aromatic rings. The summed E-state index contributed by atoms with van der Waals surface area (Å²) in [5, 5.41) is 12.7. The third-order valence-electron chi connectivity index (χ3n) is 4.63. The third kappa shape index (κ3) is 6.29. The molecule has 1 N–H and O–H groups in total. The summed E-state index contributed by atoms with van der Waals surface area (Å²) in [5.74, 6) is 0.331. The van der Waals surface area contributed by atoms with Crippen LogP contribution >= 0.6 is 39.1 Å². The third-order valence-corrected chi connectivity index (χ3v) is 5.85. The van der Waals surface area contributed by atoms with E-state index in [4.69, 9.17) is 32.7 Å². The Hall–Kier alpha value is -2.98. The number of nitriles is 1. The smallest absolute Gasteiger partial charge is 0.266 e. The van der Waals surface area contributed by atoms with Crippen molar-refractivity contribution in [2.24, 2.45) is 0 Å². The number of anilines is 1. The number of benzene rings is 3. The SMILES string of the molecule is COc1cc(/C=C(\C#N)C(=O)Nc2c(Cl)cccc2Cl)cc(Br)c1OCc1ccc(C)cc1. The number of halogens is 3. The van der Waals surface area contributed by atoms with E-state index in [9.17, 15) is 10.1 Å². The van der Waals surface area contributed by atoms with Crippen molar-refractivity contribution in [3.8, 4) is 17.6 Å². The molecule has 0 aliphatic carbocycles.